The highest BCUT2D eigenvalue weighted by molar-refractivity contribution is 9.11. The minimum atomic E-state index is -0.0197. The molecule has 0 amide bonds. The van der Waals surface area contributed by atoms with E-state index in [-0.39, 0.29) is 6.10 Å². The zero-order valence-electron chi connectivity index (χ0n) is 8.77. The molecule has 0 bridgehead atoms. The number of benzene rings is 1. The summed E-state index contributed by atoms with van der Waals surface area (Å²) in [5.74, 6) is 0. The molecule has 2 aromatic rings. The average Bonchev–Trinajstić information content (AvgIpc) is 2.86. The van der Waals surface area contributed by atoms with Gasteiger partial charge in [-0.25, -0.2) is 0 Å². The normalized spacial score (nSPS) is 19.9. The smallest absolute Gasteiger partial charge is 0.131 e. The van der Waals surface area contributed by atoms with Crippen molar-refractivity contribution in [2.75, 3.05) is 0 Å². The van der Waals surface area contributed by atoms with Crippen LogP contribution in [0.5, 0.6) is 0 Å². The van der Waals surface area contributed by atoms with Gasteiger partial charge < -0.3 is 4.57 Å². The third-order valence-corrected chi connectivity index (χ3v) is 3.25. The molecular formula is C12H11BrN2O. The van der Waals surface area contributed by atoms with Gasteiger partial charge in [0, 0.05) is 18.8 Å². The van der Waals surface area contributed by atoms with E-state index < -0.39 is 0 Å². The fourth-order valence-corrected chi connectivity index (χ4v) is 2.27. The van der Waals surface area contributed by atoms with E-state index in [4.69, 9.17) is 4.84 Å². The highest BCUT2D eigenvalue weighted by Crippen LogP contribution is 2.28. The number of hydrogen-bond donors (Lipinski definition) is 1. The Labute approximate surface area is 102 Å². The molecule has 1 aromatic carbocycles. The first-order valence-corrected chi connectivity index (χ1v) is 5.87. The van der Waals surface area contributed by atoms with E-state index in [0.717, 1.165) is 10.2 Å². The molecule has 4 heteroatoms. The Bertz CT molecular complexity index is 573. The van der Waals surface area contributed by atoms with Gasteiger partial charge in [-0.3, -0.25) is 10.3 Å². The predicted octanol–water partition coefficient (Wildman–Crippen LogP) is 2.99. The molecule has 16 heavy (non-hydrogen) atoms. The Morgan fingerprint density at radius 1 is 1.38 bits per heavy atom. The molecule has 0 aliphatic carbocycles. The van der Waals surface area contributed by atoms with Gasteiger partial charge in [-0.2, -0.15) is 0 Å². The molecule has 0 spiro atoms. The van der Waals surface area contributed by atoms with Gasteiger partial charge in [0.05, 0.1) is 0 Å². The van der Waals surface area contributed by atoms with Crippen LogP contribution in [0.3, 0.4) is 0 Å². The van der Waals surface area contributed by atoms with Crippen LogP contribution < -0.4 is 5.48 Å². The summed E-state index contributed by atoms with van der Waals surface area (Å²) in [6.07, 6.45) is 4.05. The maximum Gasteiger partial charge on any atom is 0.131 e. The van der Waals surface area contributed by atoms with E-state index >= 15 is 0 Å². The summed E-state index contributed by atoms with van der Waals surface area (Å²) in [6, 6.07) is 8.48. The van der Waals surface area contributed by atoms with Gasteiger partial charge in [0.2, 0.25) is 0 Å². The number of fused-ring (bicyclic) bond motifs is 1. The number of rotatable bonds is 1. The Balaban J connectivity index is 2.08. The lowest BCUT2D eigenvalue weighted by Crippen LogP contribution is -2.05. The molecule has 0 saturated carbocycles. The topological polar surface area (TPSA) is 26.2 Å². The Morgan fingerprint density at radius 2 is 2.25 bits per heavy atom. The molecule has 0 fully saturated rings. The van der Waals surface area contributed by atoms with Crippen molar-refractivity contribution in [1.82, 2.24) is 10.0 Å². The highest BCUT2D eigenvalue weighted by Gasteiger charge is 2.17. The van der Waals surface area contributed by atoms with E-state index in [1.54, 1.807) is 0 Å². The summed E-state index contributed by atoms with van der Waals surface area (Å²) in [5.41, 5.74) is 5.16. The number of hydrogen-bond acceptors (Lipinski definition) is 2. The van der Waals surface area contributed by atoms with E-state index in [1.807, 2.05) is 13.1 Å². The standard InChI is InChI=1S/C12H11BrN2O/c1-15-5-4-8-2-3-9(6-10(8)15)11-7-12(13)14-16-11/h2-7,11,14H,1H3/t11-/m0/s1. The molecule has 1 aliphatic heterocycles. The van der Waals surface area contributed by atoms with Gasteiger partial charge in [-0.15, -0.1) is 0 Å². The first-order valence-electron chi connectivity index (χ1n) is 5.08. The lowest BCUT2D eigenvalue weighted by molar-refractivity contribution is 0.0458. The monoisotopic (exact) mass is 278 g/mol. The Hall–Kier alpha value is -1.26. The van der Waals surface area contributed by atoms with Crippen molar-refractivity contribution < 1.29 is 4.84 Å². The van der Waals surface area contributed by atoms with E-state index in [0.29, 0.717) is 0 Å². The number of halogens is 1. The molecule has 2 heterocycles. The predicted molar refractivity (Wildman–Crippen MR) is 66.9 cm³/mol. The maximum atomic E-state index is 5.42. The van der Waals surface area contributed by atoms with Crippen LogP contribution in [0, 0.1) is 0 Å². The zero-order valence-corrected chi connectivity index (χ0v) is 10.4. The number of nitrogens with zero attached hydrogens (tertiary/aromatic N) is 1. The molecular weight excluding hydrogens is 268 g/mol. The van der Waals surface area contributed by atoms with Crippen LogP contribution in [-0.2, 0) is 11.9 Å². The van der Waals surface area contributed by atoms with Crippen LogP contribution in [-0.4, -0.2) is 4.57 Å². The van der Waals surface area contributed by atoms with Crippen molar-refractivity contribution in [2.45, 2.75) is 6.10 Å². The third kappa shape index (κ3) is 1.54. The van der Waals surface area contributed by atoms with E-state index in [1.165, 1.54) is 10.9 Å². The number of aromatic nitrogens is 1. The van der Waals surface area contributed by atoms with Gasteiger partial charge >= 0.3 is 0 Å². The summed E-state index contributed by atoms with van der Waals surface area (Å²) in [7, 11) is 2.05. The van der Waals surface area contributed by atoms with Gasteiger partial charge in [0.25, 0.3) is 0 Å². The van der Waals surface area contributed by atoms with Crippen LogP contribution in [0.2, 0.25) is 0 Å². The zero-order chi connectivity index (χ0) is 11.1. The van der Waals surface area contributed by atoms with Gasteiger partial charge in [0.1, 0.15) is 10.7 Å². The SMILES string of the molecule is Cn1ccc2ccc([C@@H]3C=C(Br)NO3)cc21. The molecule has 1 aromatic heterocycles. The quantitative estimate of drug-likeness (QED) is 0.812. The molecule has 0 unspecified atom stereocenters. The van der Waals surface area contributed by atoms with Gasteiger partial charge in [-0.1, -0.05) is 12.1 Å². The van der Waals surface area contributed by atoms with Gasteiger partial charge in [0.15, 0.2) is 0 Å². The minimum Gasteiger partial charge on any atom is -0.351 e. The van der Waals surface area contributed by atoms with Gasteiger partial charge in [-0.05, 0) is 45.1 Å². The van der Waals surface area contributed by atoms with Crippen molar-refractivity contribution in [3.05, 3.63) is 46.7 Å². The van der Waals surface area contributed by atoms with Crippen LogP contribution >= 0.6 is 15.9 Å². The molecule has 1 aliphatic rings. The van der Waals surface area contributed by atoms with Crippen LogP contribution in [0.15, 0.2) is 41.1 Å². The molecule has 82 valence electrons. The second-order valence-electron chi connectivity index (χ2n) is 3.90. The number of aryl methyl sites for hydroxylation is 1. The lowest BCUT2D eigenvalue weighted by Gasteiger charge is -2.08. The lowest BCUT2D eigenvalue weighted by atomic mass is 10.1. The molecule has 0 radical (unpaired) electrons. The second-order valence-corrected chi connectivity index (χ2v) is 4.75. The maximum absolute atomic E-state index is 5.42. The summed E-state index contributed by atoms with van der Waals surface area (Å²) in [5, 5.41) is 1.25. The summed E-state index contributed by atoms with van der Waals surface area (Å²) in [4.78, 5) is 5.42. The molecule has 3 nitrogen and oxygen atoms in total. The molecule has 0 saturated heterocycles. The van der Waals surface area contributed by atoms with Crippen LogP contribution in [0.4, 0.5) is 0 Å². The van der Waals surface area contributed by atoms with Crippen molar-refractivity contribution in [2.24, 2.45) is 7.05 Å². The molecule has 3 rings (SSSR count). The summed E-state index contributed by atoms with van der Waals surface area (Å²) >= 11 is 3.35. The number of hydroxylamine groups is 1. The van der Waals surface area contributed by atoms with Crippen molar-refractivity contribution in [3.63, 3.8) is 0 Å². The largest absolute Gasteiger partial charge is 0.351 e. The van der Waals surface area contributed by atoms with Crippen LogP contribution in [0.1, 0.15) is 11.7 Å². The number of nitrogens with one attached hydrogen (secondary N) is 1. The van der Waals surface area contributed by atoms with Crippen molar-refractivity contribution in [3.8, 4) is 0 Å². The van der Waals surface area contributed by atoms with E-state index in [9.17, 15) is 0 Å². The molecule has 1 atom stereocenters. The average molecular weight is 279 g/mol. The second kappa shape index (κ2) is 3.64. The summed E-state index contributed by atoms with van der Waals surface area (Å²) in [6.45, 7) is 0. The summed E-state index contributed by atoms with van der Waals surface area (Å²) < 4.78 is 2.99. The van der Waals surface area contributed by atoms with Crippen molar-refractivity contribution >= 4 is 26.8 Å². The fraction of sp³-hybridized carbons (Fsp3) is 0.167. The first-order chi connectivity index (χ1) is 7.74. The Kier molecular flexibility index (Phi) is 2.26. The fourth-order valence-electron chi connectivity index (χ4n) is 1.94. The molecule has 1 N–H and O–H groups in total. The minimum absolute atomic E-state index is 0.0197. The van der Waals surface area contributed by atoms with Crippen LogP contribution in [0.25, 0.3) is 10.9 Å². The highest BCUT2D eigenvalue weighted by atomic mass is 79.9. The third-order valence-electron chi connectivity index (χ3n) is 2.82. The Morgan fingerprint density at radius 3 is 3.00 bits per heavy atom. The van der Waals surface area contributed by atoms with Crippen molar-refractivity contribution in [1.29, 1.82) is 0 Å². The van der Waals surface area contributed by atoms with E-state index in [2.05, 4.69) is 56.4 Å². The first kappa shape index (κ1) is 9.93.